The molecular weight excluding hydrogens is 494 g/mol. The summed E-state index contributed by atoms with van der Waals surface area (Å²) in [6.45, 7) is 13.7. The van der Waals surface area contributed by atoms with Gasteiger partial charge in [-0.25, -0.2) is 0 Å². The molecule has 1 aliphatic rings. The van der Waals surface area contributed by atoms with Gasteiger partial charge in [0.25, 0.3) is 0 Å². The molecule has 0 bridgehead atoms. The Morgan fingerprint density at radius 1 is 0.744 bits per heavy atom. The standard InChI is InChI=1S/C37H42ClN/c1-25-20-28(38)23-30(21-25)39(29-15-16-32-33(24-29)37(7,8)19-18-36(32,5)6)34-17-14-27(35(2,3)4)22-31(34)26-12-10-9-11-13-26/h9-17,20-24H,18-19H2,1-8H3/i1D3. The quantitative estimate of drug-likeness (QED) is 0.249. The van der Waals surface area contributed by atoms with Crippen LogP contribution in [0.15, 0.2) is 84.9 Å². The number of fused-ring (bicyclic) bond motifs is 1. The average Bonchev–Trinajstić information content (AvgIpc) is 2.91. The molecule has 39 heavy (non-hydrogen) atoms. The van der Waals surface area contributed by atoms with Crippen LogP contribution in [0, 0.1) is 6.85 Å². The van der Waals surface area contributed by atoms with Gasteiger partial charge in [0.05, 0.1) is 5.69 Å². The van der Waals surface area contributed by atoms with Crippen molar-refractivity contribution in [2.24, 2.45) is 0 Å². The zero-order valence-electron chi connectivity index (χ0n) is 27.3. The molecule has 0 saturated heterocycles. The molecule has 0 aliphatic heterocycles. The minimum atomic E-state index is -2.29. The third kappa shape index (κ3) is 5.39. The Kier molecular flexibility index (Phi) is 6.02. The fraction of sp³-hybridized carbons (Fsp3) is 0.351. The van der Waals surface area contributed by atoms with Gasteiger partial charge in [-0.1, -0.05) is 103 Å². The first kappa shape index (κ1) is 23.8. The van der Waals surface area contributed by atoms with Crippen molar-refractivity contribution in [2.75, 3.05) is 4.90 Å². The highest BCUT2D eigenvalue weighted by molar-refractivity contribution is 6.31. The van der Waals surface area contributed by atoms with E-state index in [1.807, 2.05) is 12.1 Å². The van der Waals surface area contributed by atoms with Gasteiger partial charge in [-0.2, -0.15) is 0 Å². The highest BCUT2D eigenvalue weighted by Crippen LogP contribution is 2.49. The highest BCUT2D eigenvalue weighted by Gasteiger charge is 2.37. The van der Waals surface area contributed by atoms with E-state index in [9.17, 15) is 0 Å². The predicted octanol–water partition coefficient (Wildman–Crippen LogP) is 11.4. The largest absolute Gasteiger partial charge is 0.310 e. The first-order chi connectivity index (χ1) is 19.5. The van der Waals surface area contributed by atoms with Gasteiger partial charge < -0.3 is 4.90 Å². The van der Waals surface area contributed by atoms with Gasteiger partial charge in [0.2, 0.25) is 0 Å². The van der Waals surface area contributed by atoms with E-state index in [4.69, 9.17) is 15.7 Å². The van der Waals surface area contributed by atoms with E-state index in [1.54, 1.807) is 12.1 Å². The molecule has 4 aromatic rings. The molecule has 0 fully saturated rings. The number of hydrogen-bond acceptors (Lipinski definition) is 1. The van der Waals surface area contributed by atoms with Crippen molar-refractivity contribution >= 4 is 28.7 Å². The predicted molar refractivity (Wildman–Crippen MR) is 170 cm³/mol. The van der Waals surface area contributed by atoms with Crippen molar-refractivity contribution in [3.05, 3.63) is 112 Å². The number of nitrogens with zero attached hydrogens (tertiary/aromatic N) is 1. The highest BCUT2D eigenvalue weighted by atomic mass is 35.5. The van der Waals surface area contributed by atoms with Crippen LogP contribution >= 0.6 is 11.6 Å². The van der Waals surface area contributed by atoms with Gasteiger partial charge in [0, 0.05) is 26.1 Å². The van der Waals surface area contributed by atoms with Crippen molar-refractivity contribution in [1.29, 1.82) is 0 Å². The summed E-state index contributed by atoms with van der Waals surface area (Å²) in [6, 6.07) is 29.0. The summed E-state index contributed by atoms with van der Waals surface area (Å²) in [6.07, 6.45) is 2.24. The Balaban J connectivity index is 1.84. The molecule has 202 valence electrons. The van der Waals surface area contributed by atoms with E-state index >= 15 is 0 Å². The second-order valence-corrected chi connectivity index (χ2v) is 13.8. The molecule has 0 N–H and O–H groups in total. The van der Waals surface area contributed by atoms with E-state index in [0.29, 0.717) is 5.02 Å². The molecular formula is C37H42ClN. The zero-order valence-corrected chi connectivity index (χ0v) is 25.1. The fourth-order valence-electron chi connectivity index (χ4n) is 5.89. The van der Waals surface area contributed by atoms with E-state index in [2.05, 4.69) is 114 Å². The molecule has 0 atom stereocenters. The summed E-state index contributed by atoms with van der Waals surface area (Å²) in [7, 11) is 0. The first-order valence-electron chi connectivity index (χ1n) is 15.4. The maximum atomic E-state index is 8.17. The molecule has 0 unspecified atom stereocenters. The maximum absolute atomic E-state index is 8.17. The van der Waals surface area contributed by atoms with Gasteiger partial charge in [-0.05, 0) is 106 Å². The van der Waals surface area contributed by atoms with Crippen molar-refractivity contribution in [3.63, 3.8) is 0 Å². The van der Waals surface area contributed by atoms with Crippen LogP contribution in [-0.4, -0.2) is 0 Å². The van der Waals surface area contributed by atoms with Crippen LogP contribution in [0.1, 0.15) is 87.7 Å². The number of rotatable bonds is 4. The summed E-state index contributed by atoms with van der Waals surface area (Å²) in [5.74, 6) is 0. The maximum Gasteiger partial charge on any atom is 0.0540 e. The molecule has 1 nitrogen and oxygen atoms in total. The zero-order chi connectivity index (χ0) is 30.7. The van der Waals surface area contributed by atoms with Crippen LogP contribution in [0.4, 0.5) is 17.1 Å². The number of benzene rings is 4. The Bertz CT molecular complexity index is 1610. The minimum Gasteiger partial charge on any atom is -0.310 e. The smallest absolute Gasteiger partial charge is 0.0540 e. The SMILES string of the molecule is [2H]C([2H])([2H])c1cc(Cl)cc(N(c2ccc3c(c2)C(C)(C)CCC3(C)C)c2ccc(C(C)(C)C)cc2-c2ccccc2)c1. The Labute approximate surface area is 245 Å². The summed E-state index contributed by atoms with van der Waals surface area (Å²) in [5.41, 5.74) is 9.09. The van der Waals surface area contributed by atoms with E-state index in [0.717, 1.165) is 41.0 Å². The van der Waals surface area contributed by atoms with E-state index in [-0.39, 0.29) is 21.8 Å². The van der Waals surface area contributed by atoms with Crippen LogP contribution in [0.2, 0.25) is 5.02 Å². The summed E-state index contributed by atoms with van der Waals surface area (Å²) < 4.78 is 24.5. The third-order valence-electron chi connectivity index (χ3n) is 8.42. The van der Waals surface area contributed by atoms with E-state index < -0.39 is 6.85 Å². The lowest BCUT2D eigenvalue weighted by Crippen LogP contribution is -2.34. The monoisotopic (exact) mass is 538 g/mol. The number of aryl methyl sites for hydroxylation is 1. The molecule has 5 rings (SSSR count). The second-order valence-electron chi connectivity index (χ2n) is 13.4. The third-order valence-corrected chi connectivity index (χ3v) is 8.64. The topological polar surface area (TPSA) is 3.24 Å². The minimum absolute atomic E-state index is 0.0169. The Hall–Kier alpha value is -3.03. The Morgan fingerprint density at radius 3 is 2.10 bits per heavy atom. The molecule has 0 amide bonds. The summed E-state index contributed by atoms with van der Waals surface area (Å²) in [4.78, 5) is 2.19. The van der Waals surface area contributed by atoms with Crippen LogP contribution in [-0.2, 0) is 16.2 Å². The lowest BCUT2D eigenvalue weighted by molar-refractivity contribution is 0.332. The first-order valence-corrected chi connectivity index (χ1v) is 14.3. The van der Waals surface area contributed by atoms with Gasteiger partial charge in [-0.15, -0.1) is 0 Å². The summed E-state index contributed by atoms with van der Waals surface area (Å²) >= 11 is 6.64. The molecule has 2 heteroatoms. The molecule has 0 heterocycles. The van der Waals surface area contributed by atoms with Gasteiger partial charge >= 0.3 is 0 Å². The van der Waals surface area contributed by atoms with Crippen molar-refractivity contribution < 1.29 is 4.11 Å². The molecule has 0 aromatic heterocycles. The number of hydrogen-bond donors (Lipinski definition) is 0. The van der Waals surface area contributed by atoms with Crippen LogP contribution in [0.25, 0.3) is 11.1 Å². The van der Waals surface area contributed by atoms with Crippen LogP contribution in [0.5, 0.6) is 0 Å². The number of halogens is 1. The molecule has 4 aromatic carbocycles. The average molecular weight is 539 g/mol. The molecule has 0 saturated carbocycles. The fourth-order valence-corrected chi connectivity index (χ4v) is 6.12. The van der Waals surface area contributed by atoms with Crippen molar-refractivity contribution in [3.8, 4) is 11.1 Å². The van der Waals surface area contributed by atoms with Crippen LogP contribution < -0.4 is 4.90 Å². The molecule has 0 spiro atoms. The summed E-state index contributed by atoms with van der Waals surface area (Å²) in [5, 5.41) is 0.399. The van der Waals surface area contributed by atoms with Crippen molar-refractivity contribution in [1.82, 2.24) is 0 Å². The molecule has 0 radical (unpaired) electrons. The van der Waals surface area contributed by atoms with Crippen molar-refractivity contribution in [2.45, 2.75) is 84.4 Å². The van der Waals surface area contributed by atoms with Gasteiger partial charge in [-0.3, -0.25) is 0 Å². The van der Waals surface area contributed by atoms with Gasteiger partial charge in [0.1, 0.15) is 0 Å². The van der Waals surface area contributed by atoms with E-state index in [1.165, 1.54) is 16.7 Å². The lowest BCUT2D eigenvalue weighted by Gasteiger charge is -2.42. The van der Waals surface area contributed by atoms with Crippen LogP contribution in [0.3, 0.4) is 0 Å². The lowest BCUT2D eigenvalue weighted by atomic mass is 9.63. The Morgan fingerprint density at radius 2 is 1.44 bits per heavy atom. The number of anilines is 3. The second kappa shape index (κ2) is 9.86. The molecule has 1 aliphatic carbocycles. The van der Waals surface area contributed by atoms with Gasteiger partial charge in [0.15, 0.2) is 0 Å². The normalized spacial score (nSPS) is 17.5.